The molecule has 0 saturated carbocycles. The molecule has 0 unspecified atom stereocenters. The zero-order valence-corrected chi connectivity index (χ0v) is 13.1. The zero-order valence-electron chi connectivity index (χ0n) is 12.2. The fourth-order valence-corrected chi connectivity index (χ4v) is 2.95. The Bertz CT molecular complexity index is 839. The minimum atomic E-state index is -2.60. The number of alkyl halides is 2. The molecule has 0 bridgehead atoms. The maximum atomic E-state index is 13.2. The van der Waals surface area contributed by atoms with Gasteiger partial charge in [0.2, 0.25) is 5.91 Å². The number of nitrogens with zero attached hydrogens (tertiary/aromatic N) is 2. The van der Waals surface area contributed by atoms with Gasteiger partial charge < -0.3 is 5.73 Å². The van der Waals surface area contributed by atoms with Crippen LogP contribution in [0.3, 0.4) is 0 Å². The quantitative estimate of drug-likeness (QED) is 0.667. The van der Waals surface area contributed by atoms with Gasteiger partial charge in [0.1, 0.15) is 5.03 Å². The Morgan fingerprint density at radius 1 is 1.43 bits per heavy atom. The summed E-state index contributed by atoms with van der Waals surface area (Å²) in [5.41, 5.74) is 7.71. The van der Waals surface area contributed by atoms with E-state index in [1.54, 1.807) is 12.3 Å². The molecule has 2 aromatic rings. The number of halogens is 2. The second-order valence-electron chi connectivity index (χ2n) is 5.52. The van der Waals surface area contributed by atoms with Crippen molar-refractivity contribution in [3.05, 3.63) is 42.1 Å². The molecule has 0 fully saturated rings. The maximum absolute atomic E-state index is 13.2. The predicted molar refractivity (Wildman–Crippen MR) is 89.0 cm³/mol. The van der Waals surface area contributed by atoms with Crippen molar-refractivity contribution in [3.63, 3.8) is 0 Å². The highest BCUT2D eigenvalue weighted by atomic mass is 32.1. The third kappa shape index (κ3) is 3.29. The first-order chi connectivity index (χ1) is 10.9. The van der Waals surface area contributed by atoms with Gasteiger partial charge in [0, 0.05) is 24.3 Å². The van der Waals surface area contributed by atoms with Crippen LogP contribution in [-0.4, -0.2) is 21.6 Å². The molecular weight excluding hydrogens is 320 g/mol. The molecule has 1 heterocycles. The van der Waals surface area contributed by atoms with Crippen LogP contribution in [0.25, 0.3) is 21.5 Å². The normalized spacial score (nSPS) is 18.0. The van der Waals surface area contributed by atoms with Crippen molar-refractivity contribution in [1.29, 1.82) is 0 Å². The van der Waals surface area contributed by atoms with E-state index < -0.39 is 11.8 Å². The van der Waals surface area contributed by atoms with Crippen LogP contribution in [0, 0.1) is 0 Å². The Morgan fingerprint density at radius 2 is 2.22 bits per heavy atom. The van der Waals surface area contributed by atoms with Gasteiger partial charge in [-0.05, 0) is 29.7 Å². The number of rotatable bonds is 3. The summed E-state index contributed by atoms with van der Waals surface area (Å²) in [6, 6.07) is 5.59. The number of thiol groups is 1. The molecule has 0 aliphatic heterocycles. The highest BCUT2D eigenvalue weighted by Gasteiger charge is 2.31. The molecule has 0 saturated heterocycles. The van der Waals surface area contributed by atoms with Gasteiger partial charge in [0.15, 0.2) is 0 Å². The summed E-state index contributed by atoms with van der Waals surface area (Å²) in [4.78, 5) is 10.9. The van der Waals surface area contributed by atoms with Crippen molar-refractivity contribution in [1.82, 2.24) is 9.78 Å². The first kappa shape index (κ1) is 15.7. The van der Waals surface area contributed by atoms with Gasteiger partial charge in [-0.15, -0.1) is 12.6 Å². The summed E-state index contributed by atoms with van der Waals surface area (Å²) in [6.07, 6.45) is 4.43. The largest absolute Gasteiger partial charge is 0.366 e. The molecule has 1 aliphatic carbocycles. The molecular formula is C16H15F2N3OS. The third-order valence-electron chi connectivity index (χ3n) is 3.83. The molecule has 1 amide bonds. The van der Waals surface area contributed by atoms with Crippen molar-refractivity contribution < 1.29 is 13.6 Å². The topological polar surface area (TPSA) is 60.9 Å². The summed E-state index contributed by atoms with van der Waals surface area (Å²) >= 11 is 4.21. The number of benzene rings is 1. The smallest absolute Gasteiger partial charge is 0.251 e. The number of primary amides is 1. The number of fused-ring (bicyclic) bond motifs is 1. The maximum Gasteiger partial charge on any atom is 0.251 e. The Balaban J connectivity index is 1.96. The number of hydrogen-bond donors (Lipinski definition) is 2. The second kappa shape index (κ2) is 5.81. The van der Waals surface area contributed by atoms with E-state index >= 15 is 0 Å². The number of carbonyl (C=O) groups is 1. The van der Waals surface area contributed by atoms with Gasteiger partial charge in [-0.1, -0.05) is 12.1 Å². The molecule has 0 atom stereocenters. The van der Waals surface area contributed by atoms with Crippen molar-refractivity contribution in [2.24, 2.45) is 5.73 Å². The summed E-state index contributed by atoms with van der Waals surface area (Å²) in [5.74, 6) is -3.21. The molecule has 3 rings (SSSR count). The summed E-state index contributed by atoms with van der Waals surface area (Å²) in [7, 11) is 0. The fraction of sp³-hybridized carbons (Fsp3) is 0.250. The van der Waals surface area contributed by atoms with Crippen molar-refractivity contribution in [3.8, 4) is 0 Å². The van der Waals surface area contributed by atoms with Crippen LogP contribution in [0.5, 0.6) is 0 Å². The highest BCUT2D eigenvalue weighted by molar-refractivity contribution is 7.90. The van der Waals surface area contributed by atoms with E-state index in [4.69, 9.17) is 5.73 Å². The number of hydrogen-bond acceptors (Lipinski definition) is 3. The molecule has 1 aliphatic rings. The minimum absolute atomic E-state index is 0.127. The SMILES string of the molecule is NC(=O)/C=C(\S)n1ncc2cc(C3=CCC(F)(F)CC3)ccc21. The van der Waals surface area contributed by atoms with Crippen LogP contribution in [0.1, 0.15) is 24.8 Å². The average molecular weight is 335 g/mol. The van der Waals surface area contributed by atoms with Crippen molar-refractivity contribution in [2.75, 3.05) is 0 Å². The Morgan fingerprint density at radius 3 is 2.87 bits per heavy atom. The molecule has 7 heteroatoms. The zero-order chi connectivity index (χ0) is 16.6. The van der Waals surface area contributed by atoms with E-state index in [0.717, 1.165) is 22.0 Å². The van der Waals surface area contributed by atoms with Gasteiger partial charge in [-0.3, -0.25) is 4.79 Å². The first-order valence-electron chi connectivity index (χ1n) is 7.11. The highest BCUT2D eigenvalue weighted by Crippen LogP contribution is 2.37. The van der Waals surface area contributed by atoms with Gasteiger partial charge in [-0.25, -0.2) is 13.5 Å². The Hall–Kier alpha value is -2.15. The lowest BCUT2D eigenvalue weighted by molar-refractivity contribution is -0.113. The van der Waals surface area contributed by atoms with Crippen LogP contribution in [0.4, 0.5) is 8.78 Å². The molecule has 0 radical (unpaired) electrons. The summed E-state index contributed by atoms with van der Waals surface area (Å²) in [6.45, 7) is 0. The lowest BCUT2D eigenvalue weighted by atomic mass is 9.91. The number of amides is 1. The Kier molecular flexibility index (Phi) is 3.97. The van der Waals surface area contributed by atoms with Gasteiger partial charge in [0.05, 0.1) is 11.7 Å². The molecule has 0 spiro atoms. The van der Waals surface area contributed by atoms with Crippen molar-refractivity contribution in [2.45, 2.75) is 25.2 Å². The van der Waals surface area contributed by atoms with Gasteiger partial charge in [-0.2, -0.15) is 5.10 Å². The molecule has 120 valence electrons. The third-order valence-corrected chi connectivity index (χ3v) is 4.15. The fourth-order valence-electron chi connectivity index (χ4n) is 2.66. The van der Waals surface area contributed by atoms with Crippen LogP contribution in [0.2, 0.25) is 0 Å². The lowest BCUT2D eigenvalue weighted by Crippen LogP contribution is -2.18. The van der Waals surface area contributed by atoms with E-state index in [0.29, 0.717) is 11.4 Å². The molecule has 2 N–H and O–H groups in total. The number of aromatic nitrogens is 2. The molecule has 1 aromatic carbocycles. The monoisotopic (exact) mass is 335 g/mol. The first-order valence-corrected chi connectivity index (χ1v) is 7.56. The van der Waals surface area contributed by atoms with E-state index in [1.807, 2.05) is 18.2 Å². The molecule has 4 nitrogen and oxygen atoms in total. The number of carbonyl (C=O) groups excluding carboxylic acids is 1. The van der Waals surface area contributed by atoms with Crippen LogP contribution >= 0.6 is 12.6 Å². The van der Waals surface area contributed by atoms with E-state index in [-0.39, 0.29) is 12.8 Å². The van der Waals surface area contributed by atoms with E-state index in [9.17, 15) is 13.6 Å². The summed E-state index contributed by atoms with van der Waals surface area (Å²) < 4.78 is 28.0. The summed E-state index contributed by atoms with van der Waals surface area (Å²) in [5, 5.41) is 5.34. The second-order valence-corrected chi connectivity index (χ2v) is 5.98. The predicted octanol–water partition coefficient (Wildman–Crippen LogP) is 3.45. The molecule has 1 aromatic heterocycles. The van der Waals surface area contributed by atoms with Gasteiger partial charge >= 0.3 is 0 Å². The van der Waals surface area contributed by atoms with Gasteiger partial charge in [0.25, 0.3) is 5.92 Å². The van der Waals surface area contributed by atoms with E-state index in [1.165, 1.54) is 10.8 Å². The number of nitrogens with two attached hydrogens (primary N) is 1. The molecule has 23 heavy (non-hydrogen) atoms. The Labute approximate surface area is 137 Å². The number of allylic oxidation sites excluding steroid dienone is 2. The van der Waals surface area contributed by atoms with E-state index in [2.05, 4.69) is 17.7 Å². The van der Waals surface area contributed by atoms with Crippen LogP contribution in [-0.2, 0) is 4.79 Å². The standard InChI is InChI=1S/C16H15F2N3OS/c17-16(18)5-3-10(4-6-16)11-1-2-13-12(7-11)9-20-21(13)15(23)8-14(19)22/h1-3,7-9,23H,4-6H2,(H2,19,22)/b15-8-. The lowest BCUT2D eigenvalue weighted by Gasteiger charge is -2.21. The van der Waals surface area contributed by atoms with Crippen molar-refractivity contribution >= 4 is 40.0 Å². The van der Waals surface area contributed by atoms with Crippen LogP contribution < -0.4 is 5.73 Å². The average Bonchev–Trinajstić information content (AvgIpc) is 2.89. The van der Waals surface area contributed by atoms with Crippen LogP contribution in [0.15, 0.2) is 36.5 Å². The minimum Gasteiger partial charge on any atom is -0.366 e.